The highest BCUT2D eigenvalue weighted by atomic mass is 16.5. The normalized spacial score (nSPS) is 10.5. The maximum absolute atomic E-state index is 5.73. The Balaban J connectivity index is 2.37. The maximum Gasteiger partial charge on any atom is 0.233 e. The summed E-state index contributed by atoms with van der Waals surface area (Å²) in [5.41, 5.74) is 6.21. The van der Waals surface area contributed by atoms with Gasteiger partial charge in [0.15, 0.2) is 0 Å². The van der Waals surface area contributed by atoms with E-state index in [9.17, 15) is 0 Å². The van der Waals surface area contributed by atoms with E-state index in [4.69, 9.17) is 19.6 Å². The molecule has 0 unspecified atom stereocenters. The highest BCUT2D eigenvalue weighted by Crippen LogP contribution is 2.37. The Labute approximate surface area is 112 Å². The van der Waals surface area contributed by atoms with Crippen LogP contribution in [0.4, 0.5) is 0 Å². The zero-order chi connectivity index (χ0) is 13.7. The van der Waals surface area contributed by atoms with Crippen LogP contribution in [0.2, 0.25) is 0 Å². The number of nitrogens with zero attached hydrogens (tertiary/aromatic N) is 1. The fourth-order valence-corrected chi connectivity index (χ4v) is 1.88. The van der Waals surface area contributed by atoms with Crippen molar-refractivity contribution in [3.8, 4) is 23.0 Å². The highest BCUT2D eigenvalue weighted by molar-refractivity contribution is 5.70. The summed E-state index contributed by atoms with van der Waals surface area (Å²) in [5.74, 6) is 2.66. The Hall–Kier alpha value is -2.01. The Morgan fingerprint density at radius 2 is 1.89 bits per heavy atom. The van der Waals surface area contributed by atoms with Gasteiger partial charge < -0.3 is 19.6 Å². The fourth-order valence-electron chi connectivity index (χ4n) is 1.88. The highest BCUT2D eigenvalue weighted by Gasteiger charge is 2.17. The molecule has 0 amide bonds. The lowest BCUT2D eigenvalue weighted by atomic mass is 10.1. The van der Waals surface area contributed by atoms with Crippen LogP contribution < -0.4 is 15.2 Å². The molecule has 19 heavy (non-hydrogen) atoms. The van der Waals surface area contributed by atoms with Gasteiger partial charge in [-0.1, -0.05) is 6.07 Å². The molecule has 0 saturated heterocycles. The standard InChI is InChI=1S/C14H18N2O3/c1-17-11-6-3-7-12(18-2)13(11)14-16-9-10(19-14)5-4-8-15/h3,6-7,9H,4-5,8,15H2,1-2H3. The summed E-state index contributed by atoms with van der Waals surface area (Å²) in [6.45, 7) is 0.633. The summed E-state index contributed by atoms with van der Waals surface area (Å²) in [4.78, 5) is 4.29. The zero-order valence-electron chi connectivity index (χ0n) is 11.2. The number of methoxy groups -OCH3 is 2. The second-order valence-electron chi connectivity index (χ2n) is 4.06. The molecule has 0 bridgehead atoms. The number of hydrogen-bond donors (Lipinski definition) is 1. The number of aromatic nitrogens is 1. The molecule has 0 radical (unpaired) electrons. The van der Waals surface area contributed by atoms with Crippen molar-refractivity contribution in [1.82, 2.24) is 4.98 Å². The van der Waals surface area contributed by atoms with E-state index in [1.807, 2.05) is 18.2 Å². The molecule has 102 valence electrons. The number of rotatable bonds is 6. The van der Waals surface area contributed by atoms with Gasteiger partial charge in [-0.25, -0.2) is 4.98 Å². The molecule has 0 atom stereocenters. The lowest BCUT2D eigenvalue weighted by Crippen LogP contribution is -1.99. The summed E-state index contributed by atoms with van der Waals surface area (Å²) in [6.07, 6.45) is 3.37. The summed E-state index contributed by atoms with van der Waals surface area (Å²) < 4.78 is 16.4. The van der Waals surface area contributed by atoms with Crippen LogP contribution in [0, 0.1) is 0 Å². The van der Waals surface area contributed by atoms with Gasteiger partial charge >= 0.3 is 0 Å². The van der Waals surface area contributed by atoms with Crippen molar-refractivity contribution in [2.24, 2.45) is 5.73 Å². The molecule has 5 nitrogen and oxygen atoms in total. The first kappa shape index (κ1) is 13.4. The Kier molecular flexibility index (Phi) is 4.41. The summed E-state index contributed by atoms with van der Waals surface area (Å²) in [6, 6.07) is 5.56. The Morgan fingerprint density at radius 3 is 2.47 bits per heavy atom. The summed E-state index contributed by atoms with van der Waals surface area (Å²) >= 11 is 0. The molecule has 0 saturated carbocycles. The van der Waals surface area contributed by atoms with Crippen molar-refractivity contribution >= 4 is 0 Å². The van der Waals surface area contributed by atoms with Gasteiger partial charge in [-0.3, -0.25) is 0 Å². The zero-order valence-corrected chi connectivity index (χ0v) is 11.2. The molecular weight excluding hydrogens is 244 g/mol. The van der Waals surface area contributed by atoms with Crippen LogP contribution in [-0.4, -0.2) is 25.7 Å². The molecule has 5 heteroatoms. The van der Waals surface area contributed by atoms with Crippen molar-refractivity contribution in [2.75, 3.05) is 20.8 Å². The number of oxazole rings is 1. The molecule has 1 aromatic heterocycles. The molecule has 0 aliphatic heterocycles. The van der Waals surface area contributed by atoms with Crippen LogP contribution >= 0.6 is 0 Å². The van der Waals surface area contributed by atoms with E-state index < -0.39 is 0 Å². The second-order valence-corrected chi connectivity index (χ2v) is 4.06. The third kappa shape index (κ3) is 2.88. The number of nitrogens with two attached hydrogens (primary N) is 1. The maximum atomic E-state index is 5.73. The Bertz CT molecular complexity index is 515. The third-order valence-corrected chi connectivity index (χ3v) is 2.82. The van der Waals surface area contributed by atoms with Crippen molar-refractivity contribution in [3.63, 3.8) is 0 Å². The van der Waals surface area contributed by atoms with Crippen LogP contribution in [0.25, 0.3) is 11.5 Å². The topological polar surface area (TPSA) is 70.5 Å². The minimum absolute atomic E-state index is 0.501. The van der Waals surface area contributed by atoms with E-state index in [0.29, 0.717) is 23.9 Å². The van der Waals surface area contributed by atoms with Gasteiger partial charge in [0.25, 0.3) is 0 Å². The molecule has 0 aliphatic carbocycles. The van der Waals surface area contributed by atoms with E-state index >= 15 is 0 Å². The van der Waals surface area contributed by atoms with Crippen molar-refractivity contribution < 1.29 is 13.9 Å². The van der Waals surface area contributed by atoms with E-state index in [1.54, 1.807) is 20.4 Å². The average molecular weight is 262 g/mol. The predicted octanol–water partition coefficient (Wildman–Crippen LogP) is 2.25. The minimum Gasteiger partial charge on any atom is -0.496 e. The Morgan fingerprint density at radius 1 is 1.21 bits per heavy atom. The van der Waals surface area contributed by atoms with E-state index in [2.05, 4.69) is 4.98 Å². The van der Waals surface area contributed by atoms with Crippen LogP contribution in [0.1, 0.15) is 12.2 Å². The molecule has 2 N–H and O–H groups in total. The largest absolute Gasteiger partial charge is 0.496 e. The number of hydrogen-bond acceptors (Lipinski definition) is 5. The molecule has 2 aromatic rings. The third-order valence-electron chi connectivity index (χ3n) is 2.82. The van der Waals surface area contributed by atoms with Gasteiger partial charge in [0, 0.05) is 6.42 Å². The molecule has 2 rings (SSSR count). The van der Waals surface area contributed by atoms with Crippen LogP contribution in [0.5, 0.6) is 11.5 Å². The van der Waals surface area contributed by atoms with E-state index in [0.717, 1.165) is 24.2 Å². The van der Waals surface area contributed by atoms with Gasteiger partial charge in [-0.15, -0.1) is 0 Å². The number of benzene rings is 1. The van der Waals surface area contributed by atoms with E-state index in [-0.39, 0.29) is 0 Å². The number of aryl methyl sites for hydroxylation is 1. The average Bonchev–Trinajstić information content (AvgIpc) is 2.92. The smallest absolute Gasteiger partial charge is 0.233 e. The lowest BCUT2D eigenvalue weighted by Gasteiger charge is -2.09. The van der Waals surface area contributed by atoms with E-state index in [1.165, 1.54) is 0 Å². The fraction of sp³-hybridized carbons (Fsp3) is 0.357. The second kappa shape index (κ2) is 6.24. The lowest BCUT2D eigenvalue weighted by molar-refractivity contribution is 0.393. The summed E-state index contributed by atoms with van der Waals surface area (Å²) in [7, 11) is 3.22. The van der Waals surface area contributed by atoms with Gasteiger partial charge in [-0.05, 0) is 25.1 Å². The van der Waals surface area contributed by atoms with Crippen molar-refractivity contribution in [1.29, 1.82) is 0 Å². The predicted molar refractivity (Wildman–Crippen MR) is 72.4 cm³/mol. The molecule has 0 fully saturated rings. The van der Waals surface area contributed by atoms with Crippen LogP contribution in [0.3, 0.4) is 0 Å². The van der Waals surface area contributed by atoms with Gasteiger partial charge in [0.1, 0.15) is 22.8 Å². The van der Waals surface area contributed by atoms with Crippen molar-refractivity contribution in [2.45, 2.75) is 12.8 Å². The molecule has 0 spiro atoms. The number of ether oxygens (including phenoxy) is 2. The van der Waals surface area contributed by atoms with Crippen LogP contribution in [0.15, 0.2) is 28.8 Å². The quantitative estimate of drug-likeness (QED) is 0.864. The SMILES string of the molecule is COc1cccc(OC)c1-c1ncc(CCCN)o1. The first-order valence-electron chi connectivity index (χ1n) is 6.16. The van der Waals surface area contributed by atoms with Gasteiger partial charge in [0.2, 0.25) is 5.89 Å². The van der Waals surface area contributed by atoms with Crippen molar-refractivity contribution in [3.05, 3.63) is 30.2 Å². The molecule has 0 aliphatic rings. The first-order valence-corrected chi connectivity index (χ1v) is 6.16. The molecule has 1 aromatic carbocycles. The van der Waals surface area contributed by atoms with Crippen LogP contribution in [-0.2, 0) is 6.42 Å². The van der Waals surface area contributed by atoms with Gasteiger partial charge in [-0.2, -0.15) is 0 Å². The molecule has 1 heterocycles. The first-order chi connectivity index (χ1) is 9.30. The van der Waals surface area contributed by atoms with Gasteiger partial charge in [0.05, 0.1) is 20.4 Å². The minimum atomic E-state index is 0.501. The molecular formula is C14H18N2O3. The monoisotopic (exact) mass is 262 g/mol. The summed E-state index contributed by atoms with van der Waals surface area (Å²) in [5, 5.41) is 0.